The minimum Gasteiger partial charge on any atom is -0.481 e. The van der Waals surface area contributed by atoms with Crippen LogP contribution in [0.15, 0.2) is 48.5 Å². The first-order valence-electron chi connectivity index (χ1n) is 12.1. The number of carboxylic acids is 1. The lowest BCUT2D eigenvalue weighted by Crippen LogP contribution is -2.54. The van der Waals surface area contributed by atoms with Crippen molar-refractivity contribution in [1.29, 1.82) is 0 Å². The van der Waals surface area contributed by atoms with Crippen molar-refractivity contribution in [2.24, 2.45) is 16.7 Å². The normalized spacial score (nSPS) is 25.5. The standard InChI is InChI=1S/C27H28N2O5/c30-23(29-13-17-12-27(17,16-29)24(31)32)26(10-5-11-26)15-28-25(33)34-14-22-20-8-3-1-6-18(20)19-7-2-4-9-21(19)22/h1-4,6-9,17,22H,5,10-16H2,(H,28,33)(H,31,32). The van der Waals surface area contributed by atoms with Crippen molar-refractivity contribution in [3.63, 3.8) is 0 Å². The monoisotopic (exact) mass is 460 g/mol. The van der Waals surface area contributed by atoms with Crippen molar-refractivity contribution < 1.29 is 24.2 Å². The summed E-state index contributed by atoms with van der Waals surface area (Å²) in [5.41, 5.74) is 3.29. The Hall–Kier alpha value is -3.35. The number of piperidine rings is 1. The Bertz CT molecular complexity index is 1140. The third-order valence-corrected chi connectivity index (χ3v) is 8.54. The second-order valence-corrected chi connectivity index (χ2v) is 10.4. The number of carboxylic acid groups (broad SMARTS) is 1. The Morgan fingerprint density at radius 3 is 2.24 bits per heavy atom. The number of rotatable bonds is 6. The molecule has 1 heterocycles. The molecule has 176 valence electrons. The van der Waals surface area contributed by atoms with E-state index in [-0.39, 0.29) is 30.9 Å². The average molecular weight is 461 g/mol. The molecular weight excluding hydrogens is 432 g/mol. The molecule has 2 atom stereocenters. The summed E-state index contributed by atoms with van der Waals surface area (Å²) in [5, 5.41) is 12.4. The highest BCUT2D eigenvalue weighted by atomic mass is 16.5. The quantitative estimate of drug-likeness (QED) is 0.686. The summed E-state index contributed by atoms with van der Waals surface area (Å²) >= 11 is 0. The van der Waals surface area contributed by atoms with Gasteiger partial charge in [-0.15, -0.1) is 0 Å². The Labute approximate surface area is 198 Å². The van der Waals surface area contributed by atoms with E-state index in [4.69, 9.17) is 4.74 Å². The Kier molecular flexibility index (Phi) is 4.73. The van der Waals surface area contributed by atoms with Gasteiger partial charge in [0.05, 0.1) is 10.8 Å². The van der Waals surface area contributed by atoms with Gasteiger partial charge in [0.15, 0.2) is 0 Å². The highest BCUT2D eigenvalue weighted by molar-refractivity contribution is 5.88. The summed E-state index contributed by atoms with van der Waals surface area (Å²) < 4.78 is 5.63. The predicted octanol–water partition coefficient (Wildman–Crippen LogP) is 3.63. The van der Waals surface area contributed by atoms with Crippen molar-refractivity contribution >= 4 is 18.0 Å². The molecule has 2 aromatic rings. The third-order valence-electron chi connectivity index (χ3n) is 8.54. The van der Waals surface area contributed by atoms with Crippen LogP contribution in [0.2, 0.25) is 0 Å². The van der Waals surface area contributed by atoms with Crippen LogP contribution in [0, 0.1) is 16.7 Å². The van der Waals surface area contributed by atoms with Crippen LogP contribution in [0.4, 0.5) is 4.79 Å². The molecular formula is C27H28N2O5. The van der Waals surface area contributed by atoms with Crippen molar-refractivity contribution in [2.45, 2.75) is 31.6 Å². The minimum atomic E-state index is -0.799. The number of likely N-dealkylation sites (tertiary alicyclic amines) is 1. The van der Waals surface area contributed by atoms with Crippen molar-refractivity contribution in [2.75, 3.05) is 26.2 Å². The second kappa shape index (κ2) is 7.58. The molecule has 2 N–H and O–H groups in total. The van der Waals surface area contributed by atoms with Gasteiger partial charge in [-0.1, -0.05) is 55.0 Å². The lowest BCUT2D eigenvalue weighted by Gasteiger charge is -2.43. The summed E-state index contributed by atoms with van der Waals surface area (Å²) in [5.74, 6) is -0.764. The van der Waals surface area contributed by atoms with Gasteiger partial charge in [0.2, 0.25) is 5.91 Å². The zero-order chi connectivity index (χ0) is 23.5. The number of fused-ring (bicyclic) bond motifs is 4. The number of hydrogen-bond acceptors (Lipinski definition) is 4. The van der Waals surface area contributed by atoms with Crippen molar-refractivity contribution in [3.8, 4) is 11.1 Å². The van der Waals surface area contributed by atoms with Crippen LogP contribution >= 0.6 is 0 Å². The molecule has 2 aromatic carbocycles. The molecule has 4 aliphatic rings. The van der Waals surface area contributed by atoms with E-state index in [1.807, 2.05) is 24.3 Å². The molecule has 6 rings (SSSR count). The van der Waals surface area contributed by atoms with Gasteiger partial charge in [-0.2, -0.15) is 0 Å². The molecule has 1 aliphatic heterocycles. The second-order valence-electron chi connectivity index (χ2n) is 10.4. The number of ether oxygens (including phenoxy) is 1. The van der Waals surface area contributed by atoms with Crippen LogP contribution in [0.25, 0.3) is 11.1 Å². The molecule has 34 heavy (non-hydrogen) atoms. The maximum absolute atomic E-state index is 13.3. The maximum Gasteiger partial charge on any atom is 0.407 e. The molecule has 0 aromatic heterocycles. The van der Waals surface area contributed by atoms with Crippen LogP contribution < -0.4 is 5.32 Å². The molecule has 0 bridgehead atoms. The van der Waals surface area contributed by atoms with Gasteiger partial charge in [-0.3, -0.25) is 9.59 Å². The lowest BCUT2D eigenvalue weighted by atomic mass is 9.67. The van der Waals surface area contributed by atoms with Gasteiger partial charge in [0.25, 0.3) is 0 Å². The van der Waals surface area contributed by atoms with Gasteiger partial charge >= 0.3 is 12.1 Å². The van der Waals surface area contributed by atoms with Crippen LogP contribution in [0.3, 0.4) is 0 Å². The van der Waals surface area contributed by atoms with Gasteiger partial charge in [0.1, 0.15) is 6.61 Å². The summed E-state index contributed by atoms with van der Waals surface area (Å²) in [6.07, 6.45) is 2.48. The molecule has 3 aliphatic carbocycles. The molecule has 2 saturated carbocycles. The zero-order valence-corrected chi connectivity index (χ0v) is 19.0. The Balaban J connectivity index is 1.08. The average Bonchev–Trinajstić information content (AvgIpc) is 3.25. The Morgan fingerprint density at radius 1 is 1.03 bits per heavy atom. The number of aliphatic carboxylic acids is 1. The van der Waals surface area contributed by atoms with Crippen LogP contribution in [-0.4, -0.2) is 54.2 Å². The minimum absolute atomic E-state index is 0.0130. The van der Waals surface area contributed by atoms with E-state index in [1.165, 1.54) is 11.1 Å². The number of alkyl carbamates (subject to hydrolysis) is 1. The summed E-state index contributed by atoms with van der Waals surface area (Å²) in [4.78, 5) is 39.2. The topological polar surface area (TPSA) is 95.9 Å². The first kappa shape index (κ1) is 21.2. The molecule has 0 radical (unpaired) electrons. The molecule has 1 saturated heterocycles. The fourth-order valence-corrected chi connectivity index (χ4v) is 6.27. The van der Waals surface area contributed by atoms with Gasteiger partial charge < -0.3 is 20.1 Å². The van der Waals surface area contributed by atoms with Crippen LogP contribution in [0.1, 0.15) is 42.7 Å². The Morgan fingerprint density at radius 2 is 1.68 bits per heavy atom. The lowest BCUT2D eigenvalue weighted by molar-refractivity contribution is -0.148. The molecule has 2 amide bonds. The van der Waals surface area contributed by atoms with E-state index in [0.717, 1.165) is 17.5 Å². The van der Waals surface area contributed by atoms with E-state index in [1.54, 1.807) is 4.90 Å². The highest BCUT2D eigenvalue weighted by Crippen LogP contribution is 2.59. The van der Waals surface area contributed by atoms with Crippen LogP contribution in [0.5, 0.6) is 0 Å². The smallest absolute Gasteiger partial charge is 0.407 e. The van der Waals surface area contributed by atoms with Gasteiger partial charge in [0, 0.05) is 25.6 Å². The SMILES string of the molecule is O=C(NCC1(C(=O)N2CC3CC3(C(=O)O)C2)CCC1)OCC1c2ccccc2-c2ccccc21. The fourth-order valence-electron chi connectivity index (χ4n) is 6.27. The number of benzene rings is 2. The summed E-state index contributed by atoms with van der Waals surface area (Å²) in [6.45, 7) is 1.26. The number of carbonyl (C=O) groups excluding carboxylic acids is 2. The van der Waals surface area contributed by atoms with E-state index in [9.17, 15) is 19.5 Å². The van der Waals surface area contributed by atoms with E-state index in [2.05, 4.69) is 29.6 Å². The maximum atomic E-state index is 13.3. The van der Waals surface area contributed by atoms with Gasteiger partial charge in [-0.05, 0) is 47.4 Å². The van der Waals surface area contributed by atoms with E-state index >= 15 is 0 Å². The first-order valence-corrected chi connectivity index (χ1v) is 12.1. The molecule has 7 heteroatoms. The van der Waals surface area contributed by atoms with Crippen molar-refractivity contribution in [1.82, 2.24) is 10.2 Å². The summed E-state index contributed by atoms with van der Waals surface area (Å²) in [6, 6.07) is 16.4. The molecule has 0 spiro atoms. The number of amides is 2. The van der Waals surface area contributed by atoms with Crippen LogP contribution in [-0.2, 0) is 14.3 Å². The number of hydrogen-bond donors (Lipinski definition) is 2. The zero-order valence-electron chi connectivity index (χ0n) is 19.0. The van der Waals surface area contributed by atoms with Crippen molar-refractivity contribution in [3.05, 3.63) is 59.7 Å². The number of nitrogens with one attached hydrogen (secondary N) is 1. The van der Waals surface area contributed by atoms with E-state index in [0.29, 0.717) is 32.4 Å². The van der Waals surface area contributed by atoms with Gasteiger partial charge in [-0.25, -0.2) is 4.79 Å². The number of nitrogens with zero attached hydrogens (tertiary/aromatic N) is 1. The first-order chi connectivity index (χ1) is 16.4. The third kappa shape index (κ3) is 3.13. The summed E-state index contributed by atoms with van der Waals surface area (Å²) in [7, 11) is 0. The molecule has 7 nitrogen and oxygen atoms in total. The van der Waals surface area contributed by atoms with E-state index < -0.39 is 22.9 Å². The molecule has 2 unspecified atom stereocenters. The fraction of sp³-hybridized carbons (Fsp3) is 0.444. The predicted molar refractivity (Wildman–Crippen MR) is 124 cm³/mol. The molecule has 3 fully saturated rings. The highest BCUT2D eigenvalue weighted by Gasteiger charge is 2.67. The number of carbonyl (C=O) groups is 3. The largest absolute Gasteiger partial charge is 0.481 e.